The maximum absolute atomic E-state index is 12.6. The number of halogens is 3. The van der Waals surface area contributed by atoms with Gasteiger partial charge in [-0.25, -0.2) is 22.2 Å². The number of rotatable bonds is 3. The van der Waals surface area contributed by atoms with E-state index in [4.69, 9.17) is 15.9 Å². The minimum Gasteiger partial charge on any atom is -0.258 e. The number of nitro groups is 1. The zero-order valence-electron chi connectivity index (χ0n) is 8.17. The van der Waals surface area contributed by atoms with Crippen molar-refractivity contribution in [2.75, 3.05) is 0 Å². The highest BCUT2D eigenvalue weighted by Gasteiger charge is 2.29. The molecule has 0 aliphatic carbocycles. The van der Waals surface area contributed by atoms with Crippen LogP contribution in [0.3, 0.4) is 0 Å². The first-order chi connectivity index (χ1) is 8.18. The van der Waals surface area contributed by atoms with Gasteiger partial charge in [0.2, 0.25) is 5.69 Å². The lowest BCUT2D eigenvalue weighted by Gasteiger charge is -2.05. The fraction of sp³-hybridized carbons (Fsp3) is 0.143. The van der Waals surface area contributed by atoms with E-state index in [0.29, 0.717) is 0 Å². The molecule has 1 aromatic rings. The Hall–Kier alpha value is -1.86. The molecule has 1 heterocycles. The zero-order chi connectivity index (χ0) is 14.1. The molecular weight excluding hydrogens is 296 g/mol. The molecule has 0 bridgehead atoms. The largest absolute Gasteiger partial charge is 0.306 e. The Morgan fingerprint density at radius 2 is 2.11 bits per heavy atom. The highest BCUT2D eigenvalue weighted by atomic mass is 35.7. The lowest BCUT2D eigenvalue weighted by atomic mass is 10.2. The summed E-state index contributed by atoms with van der Waals surface area (Å²) >= 11 is 0. The first-order valence-corrected chi connectivity index (χ1v) is 6.31. The van der Waals surface area contributed by atoms with Crippen molar-refractivity contribution in [2.45, 2.75) is 11.5 Å². The summed E-state index contributed by atoms with van der Waals surface area (Å²) in [6.07, 6.45) is -3.34. The van der Waals surface area contributed by atoms with Crippen LogP contribution in [0, 0.1) is 21.4 Å². The number of aromatic nitrogens is 1. The summed E-state index contributed by atoms with van der Waals surface area (Å²) < 4.78 is 47.1. The van der Waals surface area contributed by atoms with Crippen LogP contribution in [-0.4, -0.2) is 18.3 Å². The van der Waals surface area contributed by atoms with E-state index in [1.165, 1.54) is 6.07 Å². The minimum absolute atomic E-state index is 0.269. The molecule has 11 heteroatoms. The molecule has 7 nitrogen and oxygen atoms in total. The van der Waals surface area contributed by atoms with Crippen LogP contribution >= 0.6 is 10.7 Å². The number of nitrogens with zero attached hydrogens (tertiary/aromatic N) is 3. The number of nitriles is 1. The summed E-state index contributed by atoms with van der Waals surface area (Å²) in [5.74, 6) is 0. The van der Waals surface area contributed by atoms with E-state index in [9.17, 15) is 27.3 Å². The summed E-state index contributed by atoms with van der Waals surface area (Å²) in [5.41, 5.74) is -3.16. The van der Waals surface area contributed by atoms with Gasteiger partial charge < -0.3 is 0 Å². The minimum atomic E-state index is -4.65. The molecule has 0 unspecified atom stereocenters. The normalized spacial score (nSPS) is 11.3. The predicted molar refractivity (Wildman–Crippen MR) is 53.6 cm³/mol. The summed E-state index contributed by atoms with van der Waals surface area (Å²) in [6.45, 7) is 0. The predicted octanol–water partition coefficient (Wildman–Crippen LogP) is 1.73. The van der Waals surface area contributed by atoms with Crippen LogP contribution in [0.5, 0.6) is 0 Å². The molecule has 18 heavy (non-hydrogen) atoms. The molecule has 1 aromatic heterocycles. The van der Waals surface area contributed by atoms with Gasteiger partial charge in [0.1, 0.15) is 6.07 Å². The number of hydrogen-bond acceptors (Lipinski definition) is 6. The number of hydrogen-bond donors (Lipinski definition) is 0. The van der Waals surface area contributed by atoms with E-state index in [-0.39, 0.29) is 6.07 Å². The van der Waals surface area contributed by atoms with E-state index in [1.807, 2.05) is 0 Å². The maximum atomic E-state index is 12.6. The smallest absolute Gasteiger partial charge is 0.258 e. The van der Waals surface area contributed by atoms with Gasteiger partial charge in [-0.15, -0.1) is 0 Å². The average Bonchev–Trinajstić information content (AvgIpc) is 2.25. The molecule has 0 spiro atoms. The molecule has 0 saturated carbocycles. The topological polar surface area (TPSA) is 114 Å². The third kappa shape index (κ3) is 2.69. The van der Waals surface area contributed by atoms with Gasteiger partial charge in [-0.05, 0) is 0 Å². The summed E-state index contributed by atoms with van der Waals surface area (Å²) in [6, 6.07) is 1.50. The molecule has 0 fully saturated rings. The van der Waals surface area contributed by atoms with Gasteiger partial charge in [-0.2, -0.15) is 5.26 Å². The lowest BCUT2D eigenvalue weighted by Crippen LogP contribution is -2.07. The van der Waals surface area contributed by atoms with Crippen LogP contribution in [0.25, 0.3) is 0 Å². The van der Waals surface area contributed by atoms with Gasteiger partial charge in [0.15, 0.2) is 5.03 Å². The molecule has 96 valence electrons. The maximum Gasteiger partial charge on any atom is 0.306 e. The van der Waals surface area contributed by atoms with Crippen molar-refractivity contribution in [3.05, 3.63) is 27.4 Å². The Balaban J connectivity index is 3.76. The van der Waals surface area contributed by atoms with Gasteiger partial charge in [0.05, 0.1) is 10.5 Å². The van der Waals surface area contributed by atoms with Crippen molar-refractivity contribution in [1.29, 1.82) is 5.26 Å². The summed E-state index contributed by atoms with van der Waals surface area (Å²) in [5, 5.41) is 17.8. The Labute approximate surface area is 103 Å². The Morgan fingerprint density at radius 1 is 1.56 bits per heavy atom. The molecule has 0 N–H and O–H groups in total. The van der Waals surface area contributed by atoms with Crippen LogP contribution in [-0.2, 0) is 9.05 Å². The molecule has 0 amide bonds. The molecule has 0 atom stereocenters. The van der Waals surface area contributed by atoms with Crippen molar-refractivity contribution >= 4 is 25.4 Å². The van der Waals surface area contributed by atoms with Crippen molar-refractivity contribution in [3.8, 4) is 6.07 Å². The van der Waals surface area contributed by atoms with Crippen molar-refractivity contribution in [1.82, 2.24) is 4.98 Å². The van der Waals surface area contributed by atoms with Crippen LogP contribution in [0.1, 0.15) is 17.7 Å². The fourth-order valence-electron chi connectivity index (χ4n) is 1.07. The van der Waals surface area contributed by atoms with Gasteiger partial charge in [-0.3, -0.25) is 10.1 Å². The Bertz CT molecular complexity index is 655. The highest BCUT2D eigenvalue weighted by Crippen LogP contribution is 2.31. The third-order valence-corrected chi connectivity index (χ3v) is 2.99. The quantitative estimate of drug-likeness (QED) is 0.477. The Morgan fingerprint density at radius 3 is 2.44 bits per heavy atom. The van der Waals surface area contributed by atoms with Crippen LogP contribution in [0.15, 0.2) is 11.1 Å². The molecule has 1 rings (SSSR count). The van der Waals surface area contributed by atoms with E-state index in [0.717, 1.165) is 0 Å². The van der Waals surface area contributed by atoms with Gasteiger partial charge >= 0.3 is 5.69 Å². The van der Waals surface area contributed by atoms with E-state index >= 15 is 0 Å². The van der Waals surface area contributed by atoms with Crippen LogP contribution in [0.4, 0.5) is 14.5 Å². The van der Waals surface area contributed by atoms with Crippen molar-refractivity contribution in [3.63, 3.8) is 0 Å². The second kappa shape index (κ2) is 4.79. The molecule has 0 aliphatic heterocycles. The first-order valence-electron chi connectivity index (χ1n) is 4.00. The standard InChI is InChI=1S/C7H2ClF2N3O4S/c8-18(16,17)7-3(6(9)10)1-5(13(14)15)4(2-11)12-7/h1,6H. The van der Waals surface area contributed by atoms with Crippen LogP contribution in [0.2, 0.25) is 0 Å². The van der Waals surface area contributed by atoms with E-state index in [2.05, 4.69) is 4.98 Å². The lowest BCUT2D eigenvalue weighted by molar-refractivity contribution is -0.385. The third-order valence-electron chi connectivity index (χ3n) is 1.76. The molecule has 0 aliphatic rings. The second-order valence-electron chi connectivity index (χ2n) is 2.86. The SMILES string of the molecule is N#Cc1nc(S(=O)(=O)Cl)c(C(F)F)cc1[N+](=O)[O-]. The number of alkyl halides is 2. The Kier molecular flexibility index (Phi) is 3.78. The summed E-state index contributed by atoms with van der Waals surface area (Å²) in [7, 11) is 0.220. The van der Waals surface area contributed by atoms with E-state index in [1.54, 1.807) is 0 Å². The number of pyridine rings is 1. The average molecular weight is 298 g/mol. The molecule has 0 saturated heterocycles. The summed E-state index contributed by atoms with van der Waals surface area (Å²) in [4.78, 5) is 12.4. The van der Waals surface area contributed by atoms with Gasteiger partial charge in [-0.1, -0.05) is 0 Å². The zero-order valence-corrected chi connectivity index (χ0v) is 9.74. The van der Waals surface area contributed by atoms with Crippen LogP contribution < -0.4 is 0 Å². The fourth-order valence-corrected chi connectivity index (χ4v) is 2.07. The van der Waals surface area contributed by atoms with Crippen molar-refractivity contribution < 1.29 is 22.1 Å². The second-order valence-corrected chi connectivity index (χ2v) is 5.34. The molecule has 0 aromatic carbocycles. The van der Waals surface area contributed by atoms with Gasteiger partial charge in [0.25, 0.3) is 15.5 Å². The molecular formula is C7H2ClF2N3O4S. The highest BCUT2D eigenvalue weighted by molar-refractivity contribution is 8.13. The van der Waals surface area contributed by atoms with E-state index < -0.39 is 42.4 Å². The molecule has 0 radical (unpaired) electrons. The monoisotopic (exact) mass is 297 g/mol. The van der Waals surface area contributed by atoms with Gasteiger partial charge in [0, 0.05) is 16.7 Å². The van der Waals surface area contributed by atoms with Crippen molar-refractivity contribution in [2.24, 2.45) is 0 Å². The first kappa shape index (κ1) is 14.2.